The van der Waals surface area contributed by atoms with Crippen LogP contribution < -0.4 is 0 Å². The predicted octanol–water partition coefficient (Wildman–Crippen LogP) is 2.84. The molecule has 0 aliphatic heterocycles. The summed E-state index contributed by atoms with van der Waals surface area (Å²) >= 11 is 0. The first-order chi connectivity index (χ1) is 7.71. The maximum Gasteiger partial charge on any atom is 0.146 e. The molecular weight excluding hydrogens is 204 g/mol. The third-order valence-corrected chi connectivity index (χ3v) is 3.78. The molecule has 96 valence electrons. The average molecular weight is 230 g/mol. The normalized spacial score (nSPS) is 31.9. The largest absolute Gasteiger partial charge is 0.381 e. The first-order valence-corrected chi connectivity index (χ1v) is 6.34. The van der Waals surface area contributed by atoms with Gasteiger partial charge in [-0.3, -0.25) is 0 Å². The Kier molecular flexibility index (Phi) is 6.32. The highest BCUT2D eigenvalue weighted by Crippen LogP contribution is 2.36. The molecule has 1 fully saturated rings. The molecule has 0 N–H and O–H groups in total. The first-order valence-electron chi connectivity index (χ1n) is 6.34. The van der Waals surface area contributed by atoms with Crippen molar-refractivity contribution in [2.75, 3.05) is 21.0 Å². The van der Waals surface area contributed by atoms with E-state index in [-0.39, 0.29) is 0 Å². The molecule has 3 heteroatoms. The van der Waals surface area contributed by atoms with Crippen molar-refractivity contribution in [1.82, 2.24) is 0 Å². The van der Waals surface area contributed by atoms with E-state index in [1.54, 1.807) is 7.11 Å². The minimum absolute atomic E-state index is 0.336. The minimum atomic E-state index is 0.336. The van der Waals surface area contributed by atoms with Gasteiger partial charge in [-0.1, -0.05) is 13.8 Å². The Morgan fingerprint density at radius 3 is 2.50 bits per heavy atom. The standard InChI is InChI=1S/C13H26O3/c1-5-12(16-9-14-3)7-11-8-13(15-4)6-10(11)2/h10-13H,5-9H2,1-4H3/t10-,11+,12+,13+/m0/s1. The van der Waals surface area contributed by atoms with E-state index in [1.165, 1.54) is 12.8 Å². The van der Waals surface area contributed by atoms with Gasteiger partial charge in [-0.2, -0.15) is 0 Å². The van der Waals surface area contributed by atoms with E-state index in [4.69, 9.17) is 14.2 Å². The van der Waals surface area contributed by atoms with Gasteiger partial charge in [0.25, 0.3) is 0 Å². The van der Waals surface area contributed by atoms with E-state index in [0.717, 1.165) is 24.7 Å². The summed E-state index contributed by atoms with van der Waals surface area (Å²) in [6.45, 7) is 4.91. The molecule has 1 aliphatic carbocycles. The van der Waals surface area contributed by atoms with Crippen molar-refractivity contribution < 1.29 is 14.2 Å². The second kappa shape index (κ2) is 7.25. The molecule has 1 rings (SSSR count). The summed E-state index contributed by atoms with van der Waals surface area (Å²) in [5, 5.41) is 0. The van der Waals surface area contributed by atoms with E-state index in [2.05, 4.69) is 13.8 Å². The molecule has 0 unspecified atom stereocenters. The van der Waals surface area contributed by atoms with Crippen LogP contribution in [0.2, 0.25) is 0 Å². The van der Waals surface area contributed by atoms with Gasteiger partial charge in [0.05, 0.1) is 12.2 Å². The van der Waals surface area contributed by atoms with Crippen LogP contribution in [-0.2, 0) is 14.2 Å². The summed E-state index contributed by atoms with van der Waals surface area (Å²) in [6.07, 6.45) is 5.38. The number of rotatable bonds is 7. The summed E-state index contributed by atoms with van der Waals surface area (Å²) in [6, 6.07) is 0. The van der Waals surface area contributed by atoms with Crippen LogP contribution in [-0.4, -0.2) is 33.2 Å². The molecule has 0 spiro atoms. The van der Waals surface area contributed by atoms with Crippen molar-refractivity contribution in [1.29, 1.82) is 0 Å². The lowest BCUT2D eigenvalue weighted by Gasteiger charge is -2.22. The van der Waals surface area contributed by atoms with Crippen molar-refractivity contribution in [2.24, 2.45) is 11.8 Å². The van der Waals surface area contributed by atoms with E-state index in [9.17, 15) is 0 Å². The van der Waals surface area contributed by atoms with Crippen molar-refractivity contribution in [3.63, 3.8) is 0 Å². The minimum Gasteiger partial charge on any atom is -0.381 e. The van der Waals surface area contributed by atoms with Gasteiger partial charge in [0, 0.05) is 14.2 Å². The molecule has 4 atom stereocenters. The third-order valence-electron chi connectivity index (χ3n) is 3.78. The fourth-order valence-corrected chi connectivity index (χ4v) is 2.65. The van der Waals surface area contributed by atoms with Crippen molar-refractivity contribution >= 4 is 0 Å². The summed E-state index contributed by atoms with van der Waals surface area (Å²) in [4.78, 5) is 0. The second-order valence-electron chi connectivity index (χ2n) is 4.91. The number of hydrogen-bond acceptors (Lipinski definition) is 3. The number of ether oxygens (including phenoxy) is 3. The monoisotopic (exact) mass is 230 g/mol. The van der Waals surface area contributed by atoms with Crippen LogP contribution in [0.1, 0.15) is 39.5 Å². The zero-order chi connectivity index (χ0) is 12.0. The Morgan fingerprint density at radius 1 is 1.25 bits per heavy atom. The Hall–Kier alpha value is -0.120. The van der Waals surface area contributed by atoms with Crippen LogP contribution in [0.5, 0.6) is 0 Å². The zero-order valence-electron chi connectivity index (χ0n) is 11.1. The topological polar surface area (TPSA) is 27.7 Å². The second-order valence-corrected chi connectivity index (χ2v) is 4.91. The SMILES string of the molecule is CC[C@H](C[C@@H]1C[C@H](OC)C[C@@H]1C)OCOC. The molecule has 3 nitrogen and oxygen atoms in total. The Bertz CT molecular complexity index is 184. The van der Waals surface area contributed by atoms with Gasteiger partial charge in [-0.15, -0.1) is 0 Å². The molecule has 0 aromatic heterocycles. The lowest BCUT2D eigenvalue weighted by molar-refractivity contribution is -0.0807. The van der Waals surface area contributed by atoms with Gasteiger partial charge < -0.3 is 14.2 Å². The van der Waals surface area contributed by atoms with Gasteiger partial charge in [0.2, 0.25) is 0 Å². The van der Waals surface area contributed by atoms with Gasteiger partial charge in [-0.05, 0) is 37.5 Å². The Balaban J connectivity index is 2.33. The van der Waals surface area contributed by atoms with E-state index in [1.807, 2.05) is 7.11 Å². The molecule has 0 aromatic carbocycles. The van der Waals surface area contributed by atoms with Crippen LogP contribution >= 0.6 is 0 Å². The number of methoxy groups -OCH3 is 2. The molecule has 1 saturated carbocycles. The van der Waals surface area contributed by atoms with Crippen LogP contribution in [0.25, 0.3) is 0 Å². The summed E-state index contributed by atoms with van der Waals surface area (Å²) in [5.74, 6) is 1.50. The molecule has 0 amide bonds. The molecule has 16 heavy (non-hydrogen) atoms. The molecule has 0 heterocycles. The Morgan fingerprint density at radius 2 is 2.00 bits per heavy atom. The number of hydrogen-bond donors (Lipinski definition) is 0. The van der Waals surface area contributed by atoms with Gasteiger partial charge in [0.15, 0.2) is 0 Å². The quantitative estimate of drug-likeness (QED) is 0.629. The van der Waals surface area contributed by atoms with Crippen LogP contribution in [0, 0.1) is 11.8 Å². The third kappa shape index (κ3) is 4.04. The van der Waals surface area contributed by atoms with Crippen LogP contribution in [0.3, 0.4) is 0 Å². The van der Waals surface area contributed by atoms with Gasteiger partial charge in [0.1, 0.15) is 6.79 Å². The van der Waals surface area contributed by atoms with Crippen LogP contribution in [0.4, 0.5) is 0 Å². The highest BCUT2D eigenvalue weighted by atomic mass is 16.7. The molecule has 0 radical (unpaired) electrons. The smallest absolute Gasteiger partial charge is 0.146 e. The highest BCUT2D eigenvalue weighted by Gasteiger charge is 2.32. The summed E-state index contributed by atoms with van der Waals surface area (Å²) in [7, 11) is 3.49. The van der Waals surface area contributed by atoms with Crippen molar-refractivity contribution in [3.8, 4) is 0 Å². The zero-order valence-corrected chi connectivity index (χ0v) is 11.1. The maximum atomic E-state index is 5.66. The van der Waals surface area contributed by atoms with Gasteiger partial charge >= 0.3 is 0 Å². The van der Waals surface area contributed by atoms with E-state index in [0.29, 0.717) is 19.0 Å². The summed E-state index contributed by atoms with van der Waals surface area (Å²) in [5.41, 5.74) is 0. The van der Waals surface area contributed by atoms with Crippen LogP contribution in [0.15, 0.2) is 0 Å². The van der Waals surface area contributed by atoms with Crippen molar-refractivity contribution in [3.05, 3.63) is 0 Å². The average Bonchev–Trinajstić information content (AvgIpc) is 2.65. The maximum absolute atomic E-state index is 5.66. The van der Waals surface area contributed by atoms with Gasteiger partial charge in [-0.25, -0.2) is 0 Å². The van der Waals surface area contributed by atoms with E-state index >= 15 is 0 Å². The predicted molar refractivity (Wildman–Crippen MR) is 64.3 cm³/mol. The lowest BCUT2D eigenvalue weighted by Crippen LogP contribution is -2.19. The molecule has 0 bridgehead atoms. The fourth-order valence-electron chi connectivity index (χ4n) is 2.65. The lowest BCUT2D eigenvalue weighted by atomic mass is 9.91. The van der Waals surface area contributed by atoms with E-state index < -0.39 is 0 Å². The molecule has 0 saturated heterocycles. The Labute approximate surface area is 99.5 Å². The highest BCUT2D eigenvalue weighted by molar-refractivity contribution is 4.83. The molecular formula is C13H26O3. The summed E-state index contributed by atoms with van der Waals surface area (Å²) < 4.78 is 16.1. The van der Waals surface area contributed by atoms with Crippen molar-refractivity contribution in [2.45, 2.75) is 51.7 Å². The molecule has 1 aliphatic rings. The molecule has 0 aromatic rings. The first kappa shape index (κ1) is 13.9. The fraction of sp³-hybridized carbons (Fsp3) is 1.00.